The Labute approximate surface area is 195 Å². The van der Waals surface area contributed by atoms with E-state index < -0.39 is 5.41 Å². The zero-order valence-corrected chi connectivity index (χ0v) is 19.4. The number of likely N-dealkylation sites (tertiary alicyclic amines) is 1. The maximum absolute atomic E-state index is 14.4. The Kier molecular flexibility index (Phi) is 5.75. The lowest BCUT2D eigenvalue weighted by atomic mass is 9.61. The van der Waals surface area contributed by atoms with Gasteiger partial charge in [0.25, 0.3) is 0 Å². The Morgan fingerprint density at radius 2 is 1.70 bits per heavy atom. The largest absolute Gasteiger partial charge is 0.355 e. The fourth-order valence-corrected chi connectivity index (χ4v) is 6.72. The summed E-state index contributed by atoms with van der Waals surface area (Å²) in [5.41, 5.74) is 2.16. The average Bonchev–Trinajstić information content (AvgIpc) is 3.33. The van der Waals surface area contributed by atoms with Gasteiger partial charge in [-0.05, 0) is 60.8 Å². The van der Waals surface area contributed by atoms with Gasteiger partial charge in [0.1, 0.15) is 5.82 Å². The summed E-state index contributed by atoms with van der Waals surface area (Å²) in [6.07, 6.45) is 5.98. The van der Waals surface area contributed by atoms with Crippen molar-refractivity contribution in [2.75, 3.05) is 19.6 Å². The van der Waals surface area contributed by atoms with E-state index in [2.05, 4.69) is 17.4 Å². The van der Waals surface area contributed by atoms with Crippen molar-refractivity contribution < 1.29 is 14.0 Å². The molecule has 2 aromatic rings. The molecule has 33 heavy (non-hydrogen) atoms. The summed E-state index contributed by atoms with van der Waals surface area (Å²) in [5.74, 6) is 0.187. The molecular weight excluding hydrogens is 415 g/mol. The second-order valence-corrected chi connectivity index (χ2v) is 10.3. The maximum atomic E-state index is 14.4. The van der Waals surface area contributed by atoms with Gasteiger partial charge in [-0.15, -0.1) is 0 Å². The highest BCUT2D eigenvalue weighted by Gasteiger charge is 2.50. The quantitative estimate of drug-likeness (QED) is 0.729. The molecule has 174 valence electrons. The summed E-state index contributed by atoms with van der Waals surface area (Å²) in [6.45, 7) is 3.68. The van der Waals surface area contributed by atoms with E-state index in [1.165, 1.54) is 6.07 Å². The van der Waals surface area contributed by atoms with Crippen molar-refractivity contribution in [3.8, 4) is 0 Å². The van der Waals surface area contributed by atoms with Gasteiger partial charge in [-0.3, -0.25) is 9.59 Å². The number of halogens is 1. The molecule has 1 atom stereocenters. The van der Waals surface area contributed by atoms with Crippen LogP contribution in [0.1, 0.15) is 67.6 Å². The number of amides is 2. The van der Waals surface area contributed by atoms with E-state index in [9.17, 15) is 14.0 Å². The first-order chi connectivity index (χ1) is 16.0. The molecular formula is C28H33FN2O2. The number of hydrogen-bond donors (Lipinski definition) is 1. The molecule has 0 aromatic heterocycles. The Morgan fingerprint density at radius 1 is 1.00 bits per heavy atom. The van der Waals surface area contributed by atoms with Crippen molar-refractivity contribution in [3.63, 3.8) is 0 Å². The molecule has 0 radical (unpaired) electrons. The predicted molar refractivity (Wildman–Crippen MR) is 126 cm³/mol. The number of hydrogen-bond acceptors (Lipinski definition) is 2. The van der Waals surface area contributed by atoms with Crippen LogP contribution < -0.4 is 5.32 Å². The summed E-state index contributed by atoms with van der Waals surface area (Å²) in [5, 5.41) is 3.01. The number of rotatable bonds is 3. The number of carbonyl (C=O) groups is 2. The molecule has 4 nitrogen and oxygen atoms in total. The topological polar surface area (TPSA) is 49.4 Å². The number of carbonyl (C=O) groups excluding carboxylic acids is 2. The average molecular weight is 449 g/mol. The van der Waals surface area contributed by atoms with Crippen molar-refractivity contribution in [1.82, 2.24) is 10.2 Å². The highest BCUT2D eigenvalue weighted by molar-refractivity contribution is 5.89. The van der Waals surface area contributed by atoms with Crippen LogP contribution in [0.5, 0.6) is 0 Å². The molecule has 2 heterocycles. The number of benzene rings is 2. The van der Waals surface area contributed by atoms with Crippen molar-refractivity contribution in [2.45, 2.75) is 63.2 Å². The molecule has 3 fully saturated rings. The van der Waals surface area contributed by atoms with Crippen molar-refractivity contribution in [1.29, 1.82) is 0 Å². The second-order valence-electron chi connectivity index (χ2n) is 10.3. The highest BCUT2D eigenvalue weighted by Crippen LogP contribution is 2.51. The van der Waals surface area contributed by atoms with Crippen molar-refractivity contribution in [2.24, 2.45) is 5.41 Å². The van der Waals surface area contributed by atoms with E-state index in [0.717, 1.165) is 49.7 Å². The normalized spacial score (nSPS) is 24.0. The minimum Gasteiger partial charge on any atom is -0.355 e. The molecule has 2 aliphatic heterocycles. The van der Waals surface area contributed by atoms with Gasteiger partial charge in [-0.1, -0.05) is 55.3 Å². The lowest BCUT2D eigenvalue weighted by Crippen LogP contribution is -2.55. The fourth-order valence-electron chi connectivity index (χ4n) is 6.72. The summed E-state index contributed by atoms with van der Waals surface area (Å²) in [7, 11) is 0. The number of nitrogens with zero attached hydrogens (tertiary/aromatic N) is 1. The van der Waals surface area contributed by atoms with Crippen LogP contribution in [0, 0.1) is 18.2 Å². The monoisotopic (exact) mass is 448 g/mol. The molecule has 2 aromatic carbocycles. The minimum atomic E-state index is -0.408. The Bertz CT molecular complexity index is 1040. The van der Waals surface area contributed by atoms with Crippen LogP contribution in [0.4, 0.5) is 4.39 Å². The molecule has 2 amide bonds. The summed E-state index contributed by atoms with van der Waals surface area (Å²) < 4.78 is 14.4. The zero-order chi connectivity index (χ0) is 23.1. The molecule has 0 unspecified atom stereocenters. The predicted octanol–water partition coefficient (Wildman–Crippen LogP) is 4.86. The van der Waals surface area contributed by atoms with E-state index in [-0.39, 0.29) is 29.0 Å². The molecule has 1 aliphatic carbocycles. The van der Waals surface area contributed by atoms with Gasteiger partial charge in [0.15, 0.2) is 0 Å². The lowest BCUT2D eigenvalue weighted by Gasteiger charge is -2.50. The third-order valence-corrected chi connectivity index (χ3v) is 8.68. The number of nitrogens with one attached hydrogen (secondary N) is 1. The first kappa shape index (κ1) is 22.1. The first-order valence-electron chi connectivity index (χ1n) is 12.3. The lowest BCUT2D eigenvalue weighted by molar-refractivity contribution is -0.141. The van der Waals surface area contributed by atoms with Crippen LogP contribution in [0.15, 0.2) is 48.5 Å². The third-order valence-electron chi connectivity index (χ3n) is 8.68. The highest BCUT2D eigenvalue weighted by atomic mass is 19.1. The van der Waals surface area contributed by atoms with Crippen LogP contribution in [-0.2, 0) is 15.0 Å². The van der Waals surface area contributed by atoms with Crippen molar-refractivity contribution in [3.05, 3.63) is 71.0 Å². The summed E-state index contributed by atoms with van der Waals surface area (Å²) in [6, 6.07) is 15.5. The van der Waals surface area contributed by atoms with Gasteiger partial charge in [-0.25, -0.2) is 4.39 Å². The molecule has 1 saturated carbocycles. The van der Waals surface area contributed by atoms with E-state index in [4.69, 9.17) is 0 Å². The third kappa shape index (κ3) is 3.75. The summed E-state index contributed by atoms with van der Waals surface area (Å²) in [4.78, 5) is 28.4. The molecule has 5 rings (SSSR count). The van der Waals surface area contributed by atoms with Crippen LogP contribution in [-0.4, -0.2) is 36.3 Å². The summed E-state index contributed by atoms with van der Waals surface area (Å²) >= 11 is 0. The molecule has 0 bridgehead atoms. The van der Waals surface area contributed by atoms with Gasteiger partial charge in [-0.2, -0.15) is 0 Å². The van der Waals surface area contributed by atoms with Crippen molar-refractivity contribution >= 4 is 11.8 Å². The maximum Gasteiger partial charge on any atom is 0.233 e. The Morgan fingerprint density at radius 3 is 2.39 bits per heavy atom. The van der Waals surface area contributed by atoms with Gasteiger partial charge >= 0.3 is 0 Å². The van der Waals surface area contributed by atoms with Gasteiger partial charge in [0.2, 0.25) is 11.8 Å². The van der Waals surface area contributed by atoms with Crippen LogP contribution in [0.2, 0.25) is 0 Å². The van der Waals surface area contributed by atoms with E-state index in [1.54, 1.807) is 6.07 Å². The SMILES string of the molecule is Cc1c(F)cccc1[C@@H]1CNC(=O)CC12CCN(C(=O)C1(c3ccccc3)CCCC1)CC2. The Hall–Kier alpha value is -2.69. The van der Waals surface area contributed by atoms with Crippen LogP contribution in [0.25, 0.3) is 0 Å². The molecule has 1 N–H and O–H groups in total. The fraction of sp³-hybridized carbons (Fsp3) is 0.500. The van der Waals surface area contributed by atoms with E-state index in [0.29, 0.717) is 31.6 Å². The first-order valence-corrected chi connectivity index (χ1v) is 12.3. The van der Waals surface area contributed by atoms with Gasteiger partial charge in [0, 0.05) is 32.0 Å². The van der Waals surface area contributed by atoms with Gasteiger partial charge in [0.05, 0.1) is 5.41 Å². The van der Waals surface area contributed by atoms with E-state index in [1.807, 2.05) is 36.1 Å². The standard InChI is InChI=1S/C28H33FN2O2/c1-20-22(10-7-11-24(20)29)23-19-30-25(32)18-27(23)14-16-31(17-15-27)26(33)28(12-5-6-13-28)21-8-3-2-4-9-21/h2-4,7-11,23H,5-6,12-19H2,1H3,(H,30,32)/t23-/m0/s1. The second kappa shape index (κ2) is 8.58. The smallest absolute Gasteiger partial charge is 0.233 e. The molecule has 1 spiro atoms. The zero-order valence-electron chi connectivity index (χ0n) is 19.4. The van der Waals surface area contributed by atoms with Gasteiger partial charge < -0.3 is 10.2 Å². The minimum absolute atomic E-state index is 0.0663. The Balaban J connectivity index is 1.40. The molecule has 3 aliphatic rings. The number of piperidine rings is 2. The molecule has 5 heteroatoms. The van der Waals surface area contributed by atoms with E-state index >= 15 is 0 Å². The molecule has 2 saturated heterocycles. The van der Waals surface area contributed by atoms with Crippen LogP contribution in [0.3, 0.4) is 0 Å². The van der Waals surface area contributed by atoms with Crippen LogP contribution >= 0.6 is 0 Å².